The van der Waals surface area contributed by atoms with Crippen LogP contribution in [0.15, 0.2) is 53.4 Å². The number of halogens is 1. The minimum absolute atomic E-state index is 0.111. The van der Waals surface area contributed by atoms with Crippen molar-refractivity contribution in [3.05, 3.63) is 65.5 Å². The lowest BCUT2D eigenvalue weighted by Crippen LogP contribution is -2.43. The quantitative estimate of drug-likeness (QED) is 0.899. The highest BCUT2D eigenvalue weighted by molar-refractivity contribution is 7.89. The van der Waals surface area contributed by atoms with Gasteiger partial charge in [-0.3, -0.25) is 0 Å². The molecule has 4 nitrogen and oxygen atoms in total. The number of hydrogen-bond acceptors (Lipinski definition) is 3. The third-order valence-electron chi connectivity index (χ3n) is 3.86. The van der Waals surface area contributed by atoms with Crippen LogP contribution in [0.5, 0.6) is 0 Å². The fourth-order valence-corrected chi connectivity index (χ4v) is 3.90. The summed E-state index contributed by atoms with van der Waals surface area (Å²) in [7, 11) is -3.85. The number of benzene rings is 2. The van der Waals surface area contributed by atoms with Crippen molar-refractivity contribution >= 4 is 10.0 Å². The Morgan fingerprint density at radius 3 is 2.32 bits per heavy atom. The second-order valence-corrected chi connectivity index (χ2v) is 7.40. The van der Waals surface area contributed by atoms with Crippen LogP contribution in [-0.4, -0.2) is 25.7 Å². The monoisotopic (exact) mass is 321 g/mol. The van der Waals surface area contributed by atoms with Crippen LogP contribution in [0.1, 0.15) is 11.1 Å². The van der Waals surface area contributed by atoms with Crippen molar-refractivity contribution in [2.75, 3.05) is 6.54 Å². The van der Waals surface area contributed by atoms with E-state index in [4.69, 9.17) is 0 Å². The summed E-state index contributed by atoms with van der Waals surface area (Å²) in [5.41, 5.74) is 0.897. The highest BCUT2D eigenvalue weighted by atomic mass is 32.2. The predicted octanol–water partition coefficient (Wildman–Crippen LogP) is 1.63. The first-order valence-corrected chi connectivity index (χ1v) is 8.41. The minimum Gasteiger partial charge on any atom is -0.388 e. The van der Waals surface area contributed by atoms with E-state index < -0.39 is 21.4 Å². The Hall–Kier alpha value is -1.76. The van der Waals surface area contributed by atoms with Gasteiger partial charge >= 0.3 is 0 Å². The van der Waals surface area contributed by atoms with Crippen LogP contribution < -0.4 is 4.72 Å². The molecule has 2 aromatic rings. The van der Waals surface area contributed by atoms with Crippen LogP contribution in [0, 0.1) is 5.82 Å². The van der Waals surface area contributed by atoms with Gasteiger partial charge in [0.2, 0.25) is 10.0 Å². The number of nitrogens with one attached hydrogen (secondary N) is 1. The molecule has 1 aliphatic rings. The number of aliphatic hydroxyl groups is 1. The molecule has 1 aliphatic carbocycles. The summed E-state index contributed by atoms with van der Waals surface area (Å²) < 4.78 is 39.9. The molecule has 116 valence electrons. The van der Waals surface area contributed by atoms with Gasteiger partial charge in [-0.2, -0.15) is 0 Å². The molecule has 22 heavy (non-hydrogen) atoms. The Morgan fingerprint density at radius 2 is 1.73 bits per heavy atom. The maximum atomic E-state index is 13.2. The van der Waals surface area contributed by atoms with E-state index in [0.717, 1.165) is 17.2 Å². The Balaban J connectivity index is 1.73. The van der Waals surface area contributed by atoms with Gasteiger partial charge in [0.15, 0.2) is 0 Å². The lowest BCUT2D eigenvalue weighted by molar-refractivity contribution is 0.0567. The van der Waals surface area contributed by atoms with Gasteiger partial charge in [0, 0.05) is 19.4 Å². The molecule has 2 aromatic carbocycles. The van der Waals surface area contributed by atoms with Gasteiger partial charge in [0.1, 0.15) is 5.82 Å². The Kier molecular flexibility index (Phi) is 3.76. The Bertz CT molecular complexity index is 780. The normalized spacial score (nSPS) is 16.5. The molecule has 0 fully saturated rings. The highest BCUT2D eigenvalue weighted by Crippen LogP contribution is 2.29. The number of fused-ring (bicyclic) bond motifs is 1. The van der Waals surface area contributed by atoms with Crippen LogP contribution in [0.3, 0.4) is 0 Å². The van der Waals surface area contributed by atoms with E-state index in [1.807, 2.05) is 24.3 Å². The summed E-state index contributed by atoms with van der Waals surface area (Å²) in [5.74, 6) is -0.616. The largest absolute Gasteiger partial charge is 0.388 e. The summed E-state index contributed by atoms with van der Waals surface area (Å²) in [6.45, 7) is -0.111. The molecule has 0 amide bonds. The lowest BCUT2D eigenvalue weighted by Gasteiger charge is -2.22. The standard InChI is InChI=1S/C16H16FNO3S/c17-14-6-3-7-15(8-14)22(20,21)18-11-16(19)9-12-4-1-2-5-13(12)10-16/h1-8,18-19H,9-11H2. The van der Waals surface area contributed by atoms with Crippen molar-refractivity contribution in [1.29, 1.82) is 0 Å². The molecule has 0 saturated carbocycles. The summed E-state index contributed by atoms with van der Waals surface area (Å²) in [6, 6.07) is 12.4. The second-order valence-electron chi connectivity index (χ2n) is 5.63. The molecule has 0 atom stereocenters. The van der Waals surface area contributed by atoms with E-state index >= 15 is 0 Å². The summed E-state index contributed by atoms with van der Waals surface area (Å²) in [5, 5.41) is 10.6. The van der Waals surface area contributed by atoms with E-state index in [1.165, 1.54) is 18.2 Å². The third kappa shape index (κ3) is 3.04. The Morgan fingerprint density at radius 1 is 1.09 bits per heavy atom. The first-order valence-electron chi connectivity index (χ1n) is 6.92. The molecule has 2 N–H and O–H groups in total. The van der Waals surface area contributed by atoms with Crippen molar-refractivity contribution < 1.29 is 17.9 Å². The molecular formula is C16H16FNO3S. The van der Waals surface area contributed by atoms with Gasteiger partial charge in [0.25, 0.3) is 0 Å². The topological polar surface area (TPSA) is 66.4 Å². The molecule has 0 spiro atoms. The SMILES string of the molecule is O=S(=O)(NCC1(O)Cc2ccccc2C1)c1cccc(F)c1. The molecule has 6 heteroatoms. The van der Waals surface area contributed by atoms with Gasteiger partial charge in [-0.1, -0.05) is 30.3 Å². The van der Waals surface area contributed by atoms with E-state index in [0.29, 0.717) is 12.8 Å². The Labute approximate surface area is 128 Å². The highest BCUT2D eigenvalue weighted by Gasteiger charge is 2.36. The van der Waals surface area contributed by atoms with Gasteiger partial charge < -0.3 is 5.11 Å². The van der Waals surface area contributed by atoms with E-state index in [9.17, 15) is 17.9 Å². The zero-order valence-electron chi connectivity index (χ0n) is 11.8. The van der Waals surface area contributed by atoms with Crippen molar-refractivity contribution in [1.82, 2.24) is 4.72 Å². The maximum absolute atomic E-state index is 13.2. The smallest absolute Gasteiger partial charge is 0.240 e. The molecule has 0 radical (unpaired) electrons. The van der Waals surface area contributed by atoms with E-state index in [1.54, 1.807) is 0 Å². The molecule has 0 unspecified atom stereocenters. The molecule has 0 heterocycles. The molecule has 0 saturated heterocycles. The molecule has 0 aliphatic heterocycles. The lowest BCUT2D eigenvalue weighted by atomic mass is 10.0. The third-order valence-corrected chi connectivity index (χ3v) is 5.25. The average molecular weight is 321 g/mol. The van der Waals surface area contributed by atoms with Crippen molar-refractivity contribution in [3.63, 3.8) is 0 Å². The maximum Gasteiger partial charge on any atom is 0.240 e. The zero-order valence-corrected chi connectivity index (χ0v) is 12.6. The molecule has 3 rings (SSSR count). The zero-order chi connectivity index (χ0) is 15.8. The summed E-state index contributed by atoms with van der Waals surface area (Å²) in [4.78, 5) is -0.147. The second kappa shape index (κ2) is 5.46. The first kappa shape index (κ1) is 15.1. The first-order chi connectivity index (χ1) is 10.4. The predicted molar refractivity (Wildman–Crippen MR) is 80.4 cm³/mol. The van der Waals surface area contributed by atoms with Crippen LogP contribution in [0.2, 0.25) is 0 Å². The van der Waals surface area contributed by atoms with Crippen molar-refractivity contribution in [2.24, 2.45) is 0 Å². The average Bonchev–Trinajstić information content (AvgIpc) is 2.82. The number of hydrogen-bond donors (Lipinski definition) is 2. The summed E-state index contributed by atoms with van der Waals surface area (Å²) >= 11 is 0. The van der Waals surface area contributed by atoms with E-state index in [-0.39, 0.29) is 11.4 Å². The van der Waals surface area contributed by atoms with Gasteiger partial charge in [-0.25, -0.2) is 17.5 Å². The van der Waals surface area contributed by atoms with Gasteiger partial charge in [0.05, 0.1) is 10.5 Å². The van der Waals surface area contributed by atoms with E-state index in [2.05, 4.69) is 4.72 Å². The van der Waals surface area contributed by atoms with Crippen molar-refractivity contribution in [2.45, 2.75) is 23.3 Å². The van der Waals surface area contributed by atoms with Crippen LogP contribution in [0.25, 0.3) is 0 Å². The van der Waals surface area contributed by atoms with Crippen molar-refractivity contribution in [3.8, 4) is 0 Å². The van der Waals surface area contributed by atoms with Crippen LogP contribution in [-0.2, 0) is 22.9 Å². The van der Waals surface area contributed by atoms with Gasteiger partial charge in [-0.05, 0) is 29.3 Å². The fraction of sp³-hybridized carbons (Fsp3) is 0.250. The molecule has 0 bridgehead atoms. The van der Waals surface area contributed by atoms with Gasteiger partial charge in [-0.15, -0.1) is 0 Å². The summed E-state index contributed by atoms with van der Waals surface area (Å²) in [6.07, 6.45) is 0.795. The fourth-order valence-electron chi connectivity index (χ4n) is 2.75. The minimum atomic E-state index is -3.85. The van der Waals surface area contributed by atoms with Crippen LogP contribution >= 0.6 is 0 Å². The number of rotatable bonds is 4. The van der Waals surface area contributed by atoms with Crippen LogP contribution in [0.4, 0.5) is 4.39 Å². The number of sulfonamides is 1. The molecule has 0 aromatic heterocycles. The molecular weight excluding hydrogens is 305 g/mol.